The molecule has 1 aromatic rings. The molecule has 5 nitrogen and oxygen atoms in total. The van der Waals surface area contributed by atoms with Gasteiger partial charge in [0.25, 0.3) is 5.91 Å². The van der Waals surface area contributed by atoms with Crippen LogP contribution >= 0.6 is 0 Å². The molecule has 1 amide bonds. The van der Waals surface area contributed by atoms with E-state index in [1.54, 1.807) is 39.1 Å². The number of benzene rings is 1. The van der Waals surface area contributed by atoms with Gasteiger partial charge in [-0.3, -0.25) is 4.79 Å². The maximum Gasteiger partial charge on any atom is 0.251 e. The summed E-state index contributed by atoms with van der Waals surface area (Å²) in [5.41, 5.74) is 6.71. The van der Waals surface area contributed by atoms with Crippen LogP contribution < -0.4 is 16.4 Å². The highest BCUT2D eigenvalue weighted by atomic mass is 16.3. The second-order valence-electron chi connectivity index (χ2n) is 4.55. The quantitative estimate of drug-likeness (QED) is 0.584. The van der Waals surface area contributed by atoms with Crippen molar-refractivity contribution < 1.29 is 9.90 Å². The van der Waals surface area contributed by atoms with Crippen LogP contribution in [0.3, 0.4) is 0 Å². The van der Waals surface area contributed by atoms with E-state index in [2.05, 4.69) is 10.6 Å². The van der Waals surface area contributed by atoms with Gasteiger partial charge in [0.05, 0.1) is 17.0 Å². The number of anilines is 2. The Bertz CT molecular complexity index is 411. The highest BCUT2D eigenvalue weighted by molar-refractivity contribution is 5.95. The van der Waals surface area contributed by atoms with E-state index in [9.17, 15) is 9.90 Å². The van der Waals surface area contributed by atoms with E-state index in [0.29, 0.717) is 23.5 Å². The van der Waals surface area contributed by atoms with Crippen LogP contribution in [0.1, 0.15) is 24.2 Å². The molecule has 0 fully saturated rings. The summed E-state index contributed by atoms with van der Waals surface area (Å²) in [4.78, 5) is 11.4. The van der Waals surface area contributed by atoms with Crippen molar-refractivity contribution in [3.8, 4) is 0 Å². The van der Waals surface area contributed by atoms with Gasteiger partial charge in [0.15, 0.2) is 0 Å². The van der Waals surface area contributed by atoms with Gasteiger partial charge in [-0.2, -0.15) is 0 Å². The van der Waals surface area contributed by atoms with Crippen LogP contribution in [-0.2, 0) is 0 Å². The molecule has 94 valence electrons. The van der Waals surface area contributed by atoms with E-state index in [0.717, 1.165) is 0 Å². The average Bonchev–Trinajstić information content (AvgIpc) is 2.25. The second kappa shape index (κ2) is 5.05. The molecular formula is C12H19N3O2. The number of aliphatic hydroxyl groups is 1. The van der Waals surface area contributed by atoms with Gasteiger partial charge >= 0.3 is 0 Å². The Balaban J connectivity index is 2.80. The summed E-state index contributed by atoms with van der Waals surface area (Å²) in [6.45, 7) is 3.79. The van der Waals surface area contributed by atoms with Crippen molar-refractivity contribution >= 4 is 17.3 Å². The van der Waals surface area contributed by atoms with E-state index in [1.807, 2.05) is 0 Å². The van der Waals surface area contributed by atoms with Crippen LogP contribution in [-0.4, -0.2) is 30.2 Å². The standard InChI is InChI=1S/C12H19N3O2/c1-12(2,17)7-15-10-5-4-8(6-9(10)13)11(16)14-3/h4-6,15,17H,7,13H2,1-3H3,(H,14,16). The van der Waals surface area contributed by atoms with Gasteiger partial charge in [0, 0.05) is 19.2 Å². The molecule has 1 aromatic carbocycles. The van der Waals surface area contributed by atoms with Crippen molar-refractivity contribution in [3.05, 3.63) is 23.8 Å². The van der Waals surface area contributed by atoms with Crippen LogP contribution in [0.25, 0.3) is 0 Å². The first-order valence-corrected chi connectivity index (χ1v) is 5.41. The summed E-state index contributed by atoms with van der Waals surface area (Å²) in [5, 5.41) is 15.1. The van der Waals surface area contributed by atoms with Crippen molar-refractivity contribution in [3.63, 3.8) is 0 Å². The Hall–Kier alpha value is -1.75. The number of nitrogens with one attached hydrogen (secondary N) is 2. The highest BCUT2D eigenvalue weighted by Crippen LogP contribution is 2.20. The molecule has 0 heterocycles. The van der Waals surface area contributed by atoms with Crippen molar-refractivity contribution in [1.82, 2.24) is 5.32 Å². The lowest BCUT2D eigenvalue weighted by molar-refractivity contribution is 0.0942. The fourth-order valence-corrected chi connectivity index (χ4v) is 1.32. The predicted molar refractivity (Wildman–Crippen MR) is 69.0 cm³/mol. The molecule has 0 aromatic heterocycles. The zero-order valence-electron chi connectivity index (χ0n) is 10.4. The molecule has 5 heteroatoms. The summed E-state index contributed by atoms with van der Waals surface area (Å²) in [5.74, 6) is -0.175. The second-order valence-corrected chi connectivity index (χ2v) is 4.55. The molecule has 0 bridgehead atoms. The molecule has 0 aliphatic heterocycles. The summed E-state index contributed by atoms with van der Waals surface area (Å²) in [7, 11) is 1.57. The largest absolute Gasteiger partial charge is 0.397 e. The molecule has 0 unspecified atom stereocenters. The number of nitrogens with two attached hydrogens (primary N) is 1. The van der Waals surface area contributed by atoms with Gasteiger partial charge in [0.2, 0.25) is 0 Å². The normalized spacial score (nSPS) is 11.1. The minimum Gasteiger partial charge on any atom is -0.397 e. The van der Waals surface area contributed by atoms with Gasteiger partial charge in [-0.25, -0.2) is 0 Å². The molecule has 0 radical (unpaired) electrons. The lowest BCUT2D eigenvalue weighted by Gasteiger charge is -2.19. The van der Waals surface area contributed by atoms with Crippen molar-refractivity contribution in [2.45, 2.75) is 19.4 Å². The Morgan fingerprint density at radius 2 is 2.12 bits per heavy atom. The Kier molecular flexibility index (Phi) is 3.96. The molecule has 0 atom stereocenters. The Labute approximate surface area is 101 Å². The van der Waals surface area contributed by atoms with E-state index in [-0.39, 0.29) is 5.91 Å². The lowest BCUT2D eigenvalue weighted by Crippen LogP contribution is -2.29. The monoisotopic (exact) mass is 237 g/mol. The Morgan fingerprint density at radius 3 is 2.59 bits per heavy atom. The minimum absolute atomic E-state index is 0.175. The van der Waals surface area contributed by atoms with Crippen LogP contribution in [0, 0.1) is 0 Å². The van der Waals surface area contributed by atoms with Gasteiger partial charge in [-0.05, 0) is 32.0 Å². The van der Waals surface area contributed by atoms with Gasteiger partial charge in [0.1, 0.15) is 0 Å². The Morgan fingerprint density at radius 1 is 1.47 bits per heavy atom. The number of nitrogen functional groups attached to an aromatic ring is 1. The van der Waals surface area contributed by atoms with Crippen molar-refractivity contribution in [1.29, 1.82) is 0 Å². The molecule has 0 saturated carbocycles. The van der Waals surface area contributed by atoms with Gasteiger partial charge in [-0.15, -0.1) is 0 Å². The topological polar surface area (TPSA) is 87.4 Å². The third kappa shape index (κ3) is 3.96. The molecule has 1 rings (SSSR count). The van der Waals surface area contributed by atoms with Crippen LogP contribution in [0.5, 0.6) is 0 Å². The number of hydrogen-bond acceptors (Lipinski definition) is 4. The maximum atomic E-state index is 11.4. The summed E-state index contributed by atoms with van der Waals surface area (Å²) >= 11 is 0. The fourth-order valence-electron chi connectivity index (χ4n) is 1.32. The summed E-state index contributed by atoms with van der Waals surface area (Å²) in [6, 6.07) is 5.01. The van der Waals surface area contributed by atoms with E-state index < -0.39 is 5.60 Å². The number of hydrogen-bond donors (Lipinski definition) is 4. The first kappa shape index (κ1) is 13.3. The summed E-state index contributed by atoms with van der Waals surface area (Å²) < 4.78 is 0. The third-order valence-corrected chi connectivity index (χ3v) is 2.25. The molecule has 0 aliphatic rings. The van der Waals surface area contributed by atoms with Crippen molar-refractivity contribution in [2.24, 2.45) is 0 Å². The number of carbonyl (C=O) groups is 1. The van der Waals surface area contributed by atoms with E-state index in [1.165, 1.54) is 0 Å². The van der Waals surface area contributed by atoms with Crippen molar-refractivity contribution in [2.75, 3.05) is 24.6 Å². The van der Waals surface area contributed by atoms with Crippen LogP contribution in [0.4, 0.5) is 11.4 Å². The van der Waals surface area contributed by atoms with Crippen LogP contribution in [0.15, 0.2) is 18.2 Å². The number of amides is 1. The zero-order valence-corrected chi connectivity index (χ0v) is 10.4. The smallest absolute Gasteiger partial charge is 0.251 e. The average molecular weight is 237 g/mol. The zero-order chi connectivity index (χ0) is 13.1. The third-order valence-electron chi connectivity index (χ3n) is 2.25. The number of rotatable bonds is 4. The fraction of sp³-hybridized carbons (Fsp3) is 0.417. The molecule has 0 saturated heterocycles. The molecule has 0 aliphatic carbocycles. The molecule has 0 spiro atoms. The SMILES string of the molecule is CNC(=O)c1ccc(NCC(C)(C)O)c(N)c1. The minimum atomic E-state index is -0.814. The predicted octanol–water partition coefficient (Wildman–Crippen LogP) is 0.811. The van der Waals surface area contributed by atoms with E-state index >= 15 is 0 Å². The van der Waals surface area contributed by atoms with Crippen LogP contribution in [0.2, 0.25) is 0 Å². The lowest BCUT2D eigenvalue weighted by atomic mass is 10.1. The van der Waals surface area contributed by atoms with Gasteiger partial charge < -0.3 is 21.5 Å². The first-order chi connectivity index (χ1) is 7.83. The summed E-state index contributed by atoms with van der Waals surface area (Å²) in [6.07, 6.45) is 0. The maximum absolute atomic E-state index is 11.4. The first-order valence-electron chi connectivity index (χ1n) is 5.41. The molecule has 17 heavy (non-hydrogen) atoms. The highest BCUT2D eigenvalue weighted by Gasteiger charge is 2.13. The molecule has 5 N–H and O–H groups in total. The molecular weight excluding hydrogens is 218 g/mol. The van der Waals surface area contributed by atoms with Gasteiger partial charge in [-0.1, -0.05) is 0 Å². The number of carbonyl (C=O) groups excluding carboxylic acids is 1. The van der Waals surface area contributed by atoms with E-state index in [4.69, 9.17) is 5.73 Å².